The quantitative estimate of drug-likeness (QED) is 0.470. The molecule has 88 valence electrons. The minimum atomic E-state index is -0.379. The Morgan fingerprint density at radius 3 is 2.94 bits per heavy atom. The van der Waals surface area contributed by atoms with Crippen molar-refractivity contribution >= 4 is 28.8 Å². The van der Waals surface area contributed by atoms with Gasteiger partial charge in [-0.1, -0.05) is 11.8 Å². The highest BCUT2D eigenvalue weighted by molar-refractivity contribution is 7.98. The molecule has 0 fully saturated rings. The Kier molecular flexibility index (Phi) is 3.53. The summed E-state index contributed by atoms with van der Waals surface area (Å²) in [5.74, 6) is -0.379. The predicted molar refractivity (Wildman–Crippen MR) is 65.1 cm³/mol. The van der Waals surface area contributed by atoms with Crippen molar-refractivity contribution in [3.8, 4) is 0 Å². The van der Waals surface area contributed by atoms with Crippen LogP contribution in [0.5, 0.6) is 0 Å². The monoisotopic (exact) mass is 249 g/mol. The molecule has 2 heterocycles. The molecule has 0 unspecified atom stereocenters. The largest absolute Gasteiger partial charge is 0.462 e. The molecule has 2 aromatic heterocycles. The van der Waals surface area contributed by atoms with Crippen LogP contribution >= 0.6 is 11.8 Å². The molecule has 2 rings (SSSR count). The van der Waals surface area contributed by atoms with Crippen molar-refractivity contribution in [2.75, 3.05) is 12.9 Å². The van der Waals surface area contributed by atoms with Gasteiger partial charge in [0.15, 0.2) is 10.8 Å². The Bertz CT molecular complexity index is 559. The first kappa shape index (κ1) is 11.8. The van der Waals surface area contributed by atoms with Crippen molar-refractivity contribution in [2.24, 2.45) is 0 Å². The van der Waals surface area contributed by atoms with E-state index in [2.05, 4.69) is 15.0 Å². The third-order valence-corrected chi connectivity index (χ3v) is 2.67. The fraction of sp³-hybridized carbons (Fsp3) is 0.273. The summed E-state index contributed by atoms with van der Waals surface area (Å²) in [7, 11) is 0. The van der Waals surface area contributed by atoms with Crippen LogP contribution in [0, 0.1) is 0 Å². The topological polar surface area (TPSA) is 65.0 Å². The average Bonchev–Trinajstić information content (AvgIpc) is 2.37. The molecule has 0 aliphatic carbocycles. The highest BCUT2D eigenvalue weighted by Crippen LogP contribution is 2.15. The molecule has 2 aromatic rings. The van der Waals surface area contributed by atoms with E-state index in [1.807, 2.05) is 6.26 Å². The lowest BCUT2D eigenvalue weighted by molar-refractivity contribution is 0.0526. The van der Waals surface area contributed by atoms with Gasteiger partial charge < -0.3 is 4.74 Å². The number of aromatic nitrogens is 3. The number of fused-ring (bicyclic) bond motifs is 1. The second-order valence-electron chi connectivity index (χ2n) is 3.21. The zero-order chi connectivity index (χ0) is 12.3. The standard InChI is InChI=1S/C11H11N3O2S/c1-3-16-10(15)8-4-7-5-13-11(17-2)14-9(7)12-6-8/h4-6H,3H2,1-2H3. The predicted octanol–water partition coefficient (Wildman–Crippen LogP) is 1.92. The number of rotatable bonds is 3. The zero-order valence-corrected chi connectivity index (χ0v) is 10.3. The number of thioether (sulfide) groups is 1. The summed E-state index contributed by atoms with van der Waals surface area (Å²) in [6, 6.07) is 1.68. The van der Waals surface area contributed by atoms with Gasteiger partial charge in [0.25, 0.3) is 0 Å². The van der Waals surface area contributed by atoms with Gasteiger partial charge >= 0.3 is 5.97 Å². The normalized spacial score (nSPS) is 10.5. The number of hydrogen-bond acceptors (Lipinski definition) is 6. The Labute approximate surface area is 103 Å². The van der Waals surface area contributed by atoms with Crippen LogP contribution in [-0.2, 0) is 4.74 Å². The maximum Gasteiger partial charge on any atom is 0.339 e. The van der Waals surface area contributed by atoms with Crippen LogP contribution in [0.1, 0.15) is 17.3 Å². The molecule has 0 N–H and O–H groups in total. The van der Waals surface area contributed by atoms with Gasteiger partial charge in [0, 0.05) is 17.8 Å². The second kappa shape index (κ2) is 5.09. The van der Waals surface area contributed by atoms with Crippen LogP contribution in [-0.4, -0.2) is 33.8 Å². The van der Waals surface area contributed by atoms with Crippen molar-refractivity contribution in [1.82, 2.24) is 15.0 Å². The lowest BCUT2D eigenvalue weighted by Gasteiger charge is -2.03. The Balaban J connectivity index is 2.41. The van der Waals surface area contributed by atoms with E-state index in [4.69, 9.17) is 4.74 Å². The van der Waals surface area contributed by atoms with Crippen molar-refractivity contribution in [2.45, 2.75) is 12.1 Å². The van der Waals surface area contributed by atoms with Crippen LogP contribution in [0.4, 0.5) is 0 Å². The first-order valence-electron chi connectivity index (χ1n) is 5.08. The summed E-state index contributed by atoms with van der Waals surface area (Å²) in [6.07, 6.45) is 5.02. The van der Waals surface area contributed by atoms with E-state index in [9.17, 15) is 4.79 Å². The number of pyridine rings is 1. The summed E-state index contributed by atoms with van der Waals surface area (Å²) < 4.78 is 4.90. The smallest absolute Gasteiger partial charge is 0.339 e. The molecule has 0 aromatic carbocycles. The third-order valence-electron chi connectivity index (χ3n) is 2.10. The van der Waals surface area contributed by atoms with Gasteiger partial charge in [-0.2, -0.15) is 0 Å². The number of ether oxygens (including phenoxy) is 1. The van der Waals surface area contributed by atoms with Gasteiger partial charge in [0.05, 0.1) is 12.2 Å². The highest BCUT2D eigenvalue weighted by Gasteiger charge is 2.09. The van der Waals surface area contributed by atoms with E-state index in [1.54, 1.807) is 19.2 Å². The van der Waals surface area contributed by atoms with Crippen LogP contribution in [0.15, 0.2) is 23.6 Å². The molecule has 17 heavy (non-hydrogen) atoms. The zero-order valence-electron chi connectivity index (χ0n) is 9.51. The van der Waals surface area contributed by atoms with Crippen molar-refractivity contribution in [3.63, 3.8) is 0 Å². The SMILES string of the molecule is CCOC(=O)c1cnc2nc(SC)ncc2c1. The molecular weight excluding hydrogens is 238 g/mol. The van der Waals surface area contributed by atoms with Crippen LogP contribution < -0.4 is 0 Å². The third kappa shape index (κ3) is 2.52. The summed E-state index contributed by atoms with van der Waals surface area (Å²) in [6.45, 7) is 2.11. The Morgan fingerprint density at radius 1 is 1.41 bits per heavy atom. The van der Waals surface area contributed by atoms with Gasteiger partial charge in [-0.05, 0) is 19.2 Å². The fourth-order valence-electron chi connectivity index (χ4n) is 1.33. The molecule has 0 aliphatic heterocycles. The average molecular weight is 249 g/mol. The van der Waals surface area contributed by atoms with E-state index in [1.165, 1.54) is 18.0 Å². The first-order chi connectivity index (χ1) is 8.24. The molecule has 0 radical (unpaired) electrons. The molecule has 0 amide bonds. The summed E-state index contributed by atoms with van der Waals surface area (Å²) in [4.78, 5) is 24.0. The van der Waals surface area contributed by atoms with E-state index >= 15 is 0 Å². The van der Waals surface area contributed by atoms with E-state index < -0.39 is 0 Å². The molecule has 0 spiro atoms. The summed E-state index contributed by atoms with van der Waals surface area (Å²) in [5, 5.41) is 1.39. The summed E-state index contributed by atoms with van der Waals surface area (Å²) in [5.41, 5.74) is 0.997. The Hall–Kier alpha value is -1.69. The number of esters is 1. The lowest BCUT2D eigenvalue weighted by Crippen LogP contribution is -2.05. The molecule has 0 bridgehead atoms. The van der Waals surface area contributed by atoms with Crippen LogP contribution in [0.2, 0.25) is 0 Å². The lowest BCUT2D eigenvalue weighted by atomic mass is 10.2. The minimum absolute atomic E-state index is 0.346. The van der Waals surface area contributed by atoms with E-state index in [0.29, 0.717) is 23.0 Å². The van der Waals surface area contributed by atoms with Gasteiger partial charge in [-0.25, -0.2) is 19.7 Å². The minimum Gasteiger partial charge on any atom is -0.462 e. The van der Waals surface area contributed by atoms with Gasteiger partial charge in [0.2, 0.25) is 0 Å². The number of carbonyl (C=O) groups excluding carboxylic acids is 1. The summed E-state index contributed by atoms with van der Waals surface area (Å²) >= 11 is 1.45. The fourth-order valence-corrected chi connectivity index (χ4v) is 1.67. The molecule has 6 heteroatoms. The number of nitrogens with zero attached hydrogens (tertiary/aromatic N) is 3. The van der Waals surface area contributed by atoms with E-state index in [-0.39, 0.29) is 5.97 Å². The van der Waals surface area contributed by atoms with Gasteiger partial charge in [0.1, 0.15) is 0 Å². The highest BCUT2D eigenvalue weighted by atomic mass is 32.2. The van der Waals surface area contributed by atoms with Crippen molar-refractivity contribution in [3.05, 3.63) is 24.0 Å². The molecule has 5 nitrogen and oxygen atoms in total. The van der Waals surface area contributed by atoms with Crippen LogP contribution in [0.25, 0.3) is 11.0 Å². The molecule has 0 aliphatic rings. The molecule has 0 atom stereocenters. The number of hydrogen-bond donors (Lipinski definition) is 0. The maximum atomic E-state index is 11.5. The van der Waals surface area contributed by atoms with Gasteiger partial charge in [-0.15, -0.1) is 0 Å². The Morgan fingerprint density at radius 2 is 2.24 bits per heavy atom. The molecular formula is C11H11N3O2S. The van der Waals surface area contributed by atoms with Crippen molar-refractivity contribution in [1.29, 1.82) is 0 Å². The first-order valence-corrected chi connectivity index (χ1v) is 6.31. The molecule has 0 saturated heterocycles. The second-order valence-corrected chi connectivity index (χ2v) is 3.99. The molecule has 0 saturated carbocycles. The number of carbonyl (C=O) groups is 1. The van der Waals surface area contributed by atoms with Gasteiger partial charge in [-0.3, -0.25) is 0 Å². The maximum absolute atomic E-state index is 11.5. The van der Waals surface area contributed by atoms with Crippen molar-refractivity contribution < 1.29 is 9.53 Å². The van der Waals surface area contributed by atoms with E-state index in [0.717, 1.165) is 5.39 Å². The van der Waals surface area contributed by atoms with Crippen LogP contribution in [0.3, 0.4) is 0 Å².